The molecule has 0 spiro atoms. The van der Waals surface area contributed by atoms with Gasteiger partial charge in [0.15, 0.2) is 5.78 Å². The number of alkyl halides is 3. The number of aliphatic hydroxyl groups excluding tert-OH is 1. The summed E-state index contributed by atoms with van der Waals surface area (Å²) in [6.07, 6.45) is 2.28. The fourth-order valence-corrected chi connectivity index (χ4v) is 7.29. The summed E-state index contributed by atoms with van der Waals surface area (Å²) < 4.78 is 49.5. The molecule has 3 aromatic carbocycles. The molecule has 5 rings (SSSR count). The third kappa shape index (κ3) is 9.81. The molecule has 54 heavy (non-hydrogen) atoms. The second-order valence-electron chi connectivity index (χ2n) is 15.8. The van der Waals surface area contributed by atoms with Gasteiger partial charge in [-0.1, -0.05) is 129 Å². The van der Waals surface area contributed by atoms with E-state index in [-0.39, 0.29) is 49.9 Å². The Morgan fingerprint density at radius 3 is 2.09 bits per heavy atom. The number of nitrogens with zero attached hydrogens (tertiary/aromatic N) is 1. The molecular formula is C47H57F3IrNO2-. The molecule has 0 saturated heterocycles. The van der Waals surface area contributed by atoms with Crippen molar-refractivity contribution in [1.82, 2.24) is 4.98 Å². The molecule has 7 heteroatoms. The maximum absolute atomic E-state index is 13.4. The second kappa shape index (κ2) is 18.4. The minimum Gasteiger partial charge on any atom is -0.512 e. The van der Waals surface area contributed by atoms with E-state index in [0.717, 1.165) is 64.6 Å². The van der Waals surface area contributed by atoms with Crippen molar-refractivity contribution in [3.8, 4) is 11.3 Å². The van der Waals surface area contributed by atoms with E-state index in [1.54, 1.807) is 18.3 Å². The van der Waals surface area contributed by atoms with Crippen LogP contribution in [0.1, 0.15) is 130 Å². The first-order valence-electron chi connectivity index (χ1n) is 19.6. The first-order chi connectivity index (χ1) is 25.3. The number of pyridine rings is 1. The van der Waals surface area contributed by atoms with Gasteiger partial charge in [0.1, 0.15) is 0 Å². The van der Waals surface area contributed by atoms with Crippen LogP contribution in [0.4, 0.5) is 13.2 Å². The summed E-state index contributed by atoms with van der Waals surface area (Å²) in [5, 5.41) is 12.0. The van der Waals surface area contributed by atoms with Crippen molar-refractivity contribution >= 4 is 28.2 Å². The van der Waals surface area contributed by atoms with E-state index in [1.165, 1.54) is 30.9 Å². The van der Waals surface area contributed by atoms with Crippen LogP contribution in [0.2, 0.25) is 0 Å². The van der Waals surface area contributed by atoms with Crippen molar-refractivity contribution in [2.24, 2.45) is 17.3 Å². The molecule has 0 atom stereocenters. The molecule has 1 aromatic heterocycles. The van der Waals surface area contributed by atoms with E-state index in [4.69, 9.17) is 6.35 Å². The second-order valence-corrected chi connectivity index (χ2v) is 15.8. The van der Waals surface area contributed by atoms with Crippen molar-refractivity contribution in [2.45, 2.75) is 119 Å². The quantitative estimate of drug-likeness (QED) is 0.0875. The van der Waals surface area contributed by atoms with E-state index in [1.807, 2.05) is 58.0 Å². The van der Waals surface area contributed by atoms with Crippen LogP contribution in [-0.2, 0) is 36.7 Å². The molecule has 0 bridgehead atoms. The number of allylic oxidation sites excluding steroid dienone is 3. The van der Waals surface area contributed by atoms with Crippen LogP contribution in [0.15, 0.2) is 78.7 Å². The van der Waals surface area contributed by atoms with E-state index < -0.39 is 17.0 Å². The average molecular weight is 918 g/mol. The van der Waals surface area contributed by atoms with Gasteiger partial charge in [-0.25, -0.2) is 0 Å². The summed E-state index contributed by atoms with van der Waals surface area (Å²) in [4.78, 5) is 16.5. The fourth-order valence-electron chi connectivity index (χ4n) is 7.29. The van der Waals surface area contributed by atoms with Crippen molar-refractivity contribution in [3.05, 3.63) is 113 Å². The summed E-state index contributed by atoms with van der Waals surface area (Å²) in [7, 11) is 0. The third-order valence-corrected chi connectivity index (χ3v) is 10.9. The smallest absolute Gasteiger partial charge is 0.394 e. The van der Waals surface area contributed by atoms with E-state index in [9.17, 15) is 23.1 Å². The molecule has 0 aliphatic heterocycles. The Kier molecular flexibility index (Phi) is 14.7. The first-order valence-corrected chi connectivity index (χ1v) is 19.1. The number of benzene rings is 3. The molecule has 1 aliphatic carbocycles. The number of rotatable bonds is 12. The summed E-state index contributed by atoms with van der Waals surface area (Å²) in [6.45, 7) is 19.1. The van der Waals surface area contributed by atoms with Gasteiger partial charge in [0.05, 0.1) is 12.5 Å². The van der Waals surface area contributed by atoms with Gasteiger partial charge in [-0.3, -0.25) is 9.78 Å². The molecule has 293 valence electrons. The number of carbonyl (C=O) groups is 1. The minimum atomic E-state index is -4.28. The van der Waals surface area contributed by atoms with Gasteiger partial charge < -0.3 is 5.11 Å². The van der Waals surface area contributed by atoms with Gasteiger partial charge in [-0.05, 0) is 71.9 Å². The number of hydrogen-bond acceptors (Lipinski definition) is 3. The van der Waals surface area contributed by atoms with Gasteiger partial charge in [-0.2, -0.15) is 13.2 Å². The molecule has 1 N–H and O–H groups in total. The van der Waals surface area contributed by atoms with Crippen molar-refractivity contribution in [1.29, 1.82) is 0 Å². The molecule has 0 saturated carbocycles. The molecule has 0 amide bonds. The van der Waals surface area contributed by atoms with Gasteiger partial charge in [0, 0.05) is 55.3 Å². The molecule has 3 nitrogen and oxygen atoms in total. The normalized spacial score (nSPS) is 14.6. The van der Waals surface area contributed by atoms with Gasteiger partial charge in [-0.15, -0.1) is 29.1 Å². The van der Waals surface area contributed by atoms with Gasteiger partial charge >= 0.3 is 6.18 Å². The molecule has 1 heterocycles. The molecule has 4 aromatic rings. The number of carbonyl (C=O) groups excluding carboxylic acids is 1. The van der Waals surface area contributed by atoms with Crippen LogP contribution in [-0.4, -0.2) is 22.1 Å². The van der Waals surface area contributed by atoms with Crippen molar-refractivity contribution in [3.63, 3.8) is 0 Å². The van der Waals surface area contributed by atoms with E-state index >= 15 is 0 Å². The van der Waals surface area contributed by atoms with Crippen LogP contribution in [0.3, 0.4) is 0 Å². The van der Waals surface area contributed by atoms with Crippen LogP contribution >= 0.6 is 0 Å². The van der Waals surface area contributed by atoms with Gasteiger partial charge in [0.2, 0.25) is 0 Å². The van der Waals surface area contributed by atoms with Crippen LogP contribution in [0.25, 0.3) is 33.7 Å². The number of halogens is 3. The van der Waals surface area contributed by atoms with Crippen LogP contribution < -0.4 is 0 Å². The summed E-state index contributed by atoms with van der Waals surface area (Å²) in [5.41, 5.74) is 4.70. The average Bonchev–Trinajstić information content (AvgIpc) is 3.32. The zero-order valence-corrected chi connectivity index (χ0v) is 35.9. The Morgan fingerprint density at radius 2 is 1.54 bits per heavy atom. The Morgan fingerprint density at radius 1 is 0.944 bits per heavy atom. The standard InChI is InChI=1S/C34H33F3N.C13H24O2.Ir/c1-21(2)28-18-26(17-24-9-7-8-10-27(24)28)31-30-25(15-16-38-31)19-29(33(30,5)6)23-13-11-22(12-14-23)20-32(3,4)34(35,36)37;1-5-10(6-2)12(14)9-13(15)11(7-3)8-4;/h7-16,18-19,21H,20H2,1-6H3;9-11,14H,5-8H2,1-4H3;/q-1;;/b;12-9-;/i19D;;. The predicted octanol–water partition coefficient (Wildman–Crippen LogP) is 13.7. The third-order valence-electron chi connectivity index (χ3n) is 10.9. The van der Waals surface area contributed by atoms with E-state index in [0.29, 0.717) is 17.5 Å². The molecular weight excluding hydrogens is 860 g/mol. The zero-order chi connectivity index (χ0) is 40.2. The summed E-state index contributed by atoms with van der Waals surface area (Å²) in [6, 6.07) is 23.5. The number of aromatic nitrogens is 1. The predicted molar refractivity (Wildman–Crippen MR) is 215 cm³/mol. The first kappa shape index (κ1) is 43.2. The summed E-state index contributed by atoms with van der Waals surface area (Å²) >= 11 is 0. The van der Waals surface area contributed by atoms with Crippen molar-refractivity contribution < 1.29 is 44.5 Å². The maximum atomic E-state index is 13.4. The van der Waals surface area contributed by atoms with Crippen molar-refractivity contribution in [2.75, 3.05) is 0 Å². The van der Waals surface area contributed by atoms with E-state index in [2.05, 4.69) is 52.0 Å². The largest absolute Gasteiger partial charge is 0.512 e. The Bertz CT molecular complexity index is 2000. The zero-order valence-electron chi connectivity index (χ0n) is 34.5. The fraction of sp³-hybridized carbons (Fsp3) is 0.447. The minimum absolute atomic E-state index is 0. The Labute approximate surface area is 336 Å². The SMILES string of the molecule is CCC(CC)C(=O)/C=C(\O)C(CC)CC.[2H]C1=C(c2ccc(CC(C)(C)C(F)(F)F)cc2)C(C)(C)c2c1ccnc2-c1[c-]c2ccccc2c(C(C)C)c1.[Ir]. The summed E-state index contributed by atoms with van der Waals surface area (Å²) in [5.74, 6) is 0.861. The van der Waals surface area contributed by atoms with Gasteiger partial charge in [0.25, 0.3) is 0 Å². The molecule has 1 radical (unpaired) electrons. The Balaban J connectivity index is 0.000000433. The van der Waals surface area contributed by atoms with Crippen LogP contribution in [0, 0.1) is 23.3 Å². The number of aliphatic hydroxyl groups is 1. The number of fused-ring (bicyclic) bond motifs is 2. The maximum Gasteiger partial charge on any atom is 0.394 e. The number of ketones is 1. The topological polar surface area (TPSA) is 50.2 Å². The molecule has 0 fully saturated rings. The van der Waals surface area contributed by atoms with Crippen LogP contribution in [0.5, 0.6) is 0 Å². The molecule has 1 aliphatic rings. The monoisotopic (exact) mass is 918 g/mol. The molecule has 0 unspecified atom stereocenters. The number of hydrogen-bond donors (Lipinski definition) is 1. The Hall–Kier alpha value is -3.54.